The quantitative estimate of drug-likeness (QED) is 0.544. The molecule has 0 saturated carbocycles. The lowest BCUT2D eigenvalue weighted by Crippen LogP contribution is -2.16. The number of aryl methyl sites for hydroxylation is 1. The molecule has 2 N–H and O–H groups in total. The normalized spacial score (nSPS) is 10.6. The second-order valence-corrected chi connectivity index (χ2v) is 7.15. The van der Waals surface area contributed by atoms with Gasteiger partial charge in [0, 0.05) is 27.9 Å². The van der Waals surface area contributed by atoms with Gasteiger partial charge in [0.25, 0.3) is 17.6 Å². The minimum Gasteiger partial charge on any atom is -0.322 e. The molecule has 0 unspecified atom stereocenters. The number of carbonyl (C=O) groups excluding carboxylic acids is 2. The lowest BCUT2D eigenvalue weighted by atomic mass is 10.1. The first-order valence-electron chi connectivity index (χ1n) is 8.60. The van der Waals surface area contributed by atoms with Crippen molar-refractivity contribution in [2.75, 3.05) is 10.6 Å². The van der Waals surface area contributed by atoms with Gasteiger partial charge in [0.1, 0.15) is 0 Å². The maximum atomic E-state index is 12.6. The second-order valence-electron chi connectivity index (χ2n) is 6.09. The summed E-state index contributed by atoms with van der Waals surface area (Å²) in [6.45, 7) is 1.79. The van der Waals surface area contributed by atoms with Crippen LogP contribution in [0.5, 0.6) is 0 Å². The fourth-order valence-corrected chi connectivity index (χ4v) is 3.15. The van der Waals surface area contributed by atoms with Gasteiger partial charge < -0.3 is 10.6 Å². The van der Waals surface area contributed by atoms with Crippen LogP contribution in [0.3, 0.4) is 0 Å². The van der Waals surface area contributed by atoms with Gasteiger partial charge in [0.05, 0.1) is 11.9 Å². The first-order valence-corrected chi connectivity index (χ1v) is 9.48. The number of hydrogen-bond donors (Lipinski definition) is 2. The predicted molar refractivity (Wildman–Crippen MR) is 110 cm³/mol. The van der Waals surface area contributed by atoms with Gasteiger partial charge >= 0.3 is 0 Å². The maximum absolute atomic E-state index is 12.6. The average molecular weight is 413 g/mol. The van der Waals surface area contributed by atoms with Gasteiger partial charge in [0.2, 0.25) is 0 Å². The molecule has 0 atom stereocenters. The van der Waals surface area contributed by atoms with Gasteiger partial charge in [-0.2, -0.15) is 8.78 Å². The number of carbonyl (C=O) groups is 2. The van der Waals surface area contributed by atoms with Crippen LogP contribution in [0.4, 0.5) is 20.2 Å². The summed E-state index contributed by atoms with van der Waals surface area (Å²) in [7, 11) is 0. The number of nitrogens with zero attached hydrogens (tertiary/aromatic N) is 1. The fourth-order valence-electron chi connectivity index (χ4n) is 2.60. The molecule has 1 aromatic heterocycles. The van der Waals surface area contributed by atoms with Crippen molar-refractivity contribution in [2.45, 2.75) is 17.6 Å². The van der Waals surface area contributed by atoms with Crippen LogP contribution in [-0.2, 0) is 0 Å². The van der Waals surface area contributed by atoms with Crippen LogP contribution in [0.2, 0.25) is 0 Å². The van der Waals surface area contributed by atoms with E-state index in [0.717, 1.165) is 5.56 Å². The van der Waals surface area contributed by atoms with E-state index < -0.39 is 11.7 Å². The van der Waals surface area contributed by atoms with Crippen LogP contribution in [0, 0.1) is 6.92 Å². The number of hydrogen-bond acceptors (Lipinski definition) is 4. The third-order valence-corrected chi connectivity index (χ3v) is 4.69. The van der Waals surface area contributed by atoms with Crippen molar-refractivity contribution < 1.29 is 18.4 Å². The molecule has 1 heterocycles. The molecule has 0 radical (unpaired) electrons. The number of pyridine rings is 1. The fraction of sp³-hybridized carbons (Fsp3) is 0.0952. The van der Waals surface area contributed by atoms with E-state index >= 15 is 0 Å². The standard InChI is InChI=1S/C21H17F2N3O2S/c1-13-7-8-15(11-18(13)20(28)26-16-5-3-9-24-12-16)25-19(27)14-4-2-6-17(10-14)29-21(22)23/h2-12,21H,1H3,(H,25,27)(H,26,28). The van der Waals surface area contributed by atoms with E-state index in [0.29, 0.717) is 33.6 Å². The lowest BCUT2D eigenvalue weighted by molar-refractivity contribution is 0.101. The number of alkyl halides is 2. The van der Waals surface area contributed by atoms with Crippen LogP contribution >= 0.6 is 11.8 Å². The monoisotopic (exact) mass is 413 g/mol. The van der Waals surface area contributed by atoms with Gasteiger partial charge in [-0.25, -0.2) is 0 Å². The molecule has 0 aliphatic rings. The van der Waals surface area contributed by atoms with E-state index in [4.69, 9.17) is 0 Å². The molecule has 3 rings (SSSR count). The molecule has 0 bridgehead atoms. The predicted octanol–water partition coefficient (Wildman–Crippen LogP) is 5.21. The van der Waals surface area contributed by atoms with Crippen molar-refractivity contribution in [2.24, 2.45) is 0 Å². The molecule has 3 aromatic rings. The zero-order chi connectivity index (χ0) is 20.8. The topological polar surface area (TPSA) is 71.1 Å². The molecule has 8 heteroatoms. The molecule has 0 aliphatic carbocycles. The van der Waals surface area contributed by atoms with E-state index in [9.17, 15) is 18.4 Å². The Morgan fingerprint density at radius 1 is 0.966 bits per heavy atom. The van der Waals surface area contributed by atoms with Gasteiger partial charge in [-0.3, -0.25) is 14.6 Å². The lowest BCUT2D eigenvalue weighted by Gasteiger charge is -2.11. The third kappa shape index (κ3) is 5.61. The Morgan fingerprint density at radius 3 is 2.48 bits per heavy atom. The van der Waals surface area contributed by atoms with Crippen molar-refractivity contribution in [1.29, 1.82) is 0 Å². The Bertz CT molecular complexity index is 1030. The molecular formula is C21H17F2N3O2S. The summed E-state index contributed by atoms with van der Waals surface area (Å²) >= 11 is 0.374. The molecule has 2 aromatic carbocycles. The summed E-state index contributed by atoms with van der Waals surface area (Å²) in [6, 6.07) is 14.4. The zero-order valence-electron chi connectivity index (χ0n) is 15.4. The van der Waals surface area contributed by atoms with Crippen molar-refractivity contribution in [3.8, 4) is 0 Å². The minimum atomic E-state index is -2.56. The van der Waals surface area contributed by atoms with Gasteiger partial charge in [-0.15, -0.1) is 0 Å². The molecule has 5 nitrogen and oxygen atoms in total. The number of benzene rings is 2. The number of halogens is 2. The summed E-state index contributed by atoms with van der Waals surface area (Å²) in [5, 5.41) is 5.45. The highest BCUT2D eigenvalue weighted by Gasteiger charge is 2.13. The Morgan fingerprint density at radius 2 is 1.76 bits per heavy atom. The van der Waals surface area contributed by atoms with Gasteiger partial charge in [-0.05, 0) is 55.0 Å². The number of anilines is 2. The van der Waals surface area contributed by atoms with Gasteiger partial charge in [0.15, 0.2) is 0 Å². The highest BCUT2D eigenvalue weighted by Crippen LogP contribution is 2.26. The average Bonchev–Trinajstić information content (AvgIpc) is 2.70. The van der Waals surface area contributed by atoms with E-state index in [-0.39, 0.29) is 11.5 Å². The number of nitrogens with one attached hydrogen (secondary N) is 2. The smallest absolute Gasteiger partial charge is 0.288 e. The Hall–Kier alpha value is -3.26. The first-order chi connectivity index (χ1) is 13.9. The largest absolute Gasteiger partial charge is 0.322 e. The van der Waals surface area contributed by atoms with Crippen LogP contribution in [0.15, 0.2) is 71.9 Å². The number of aromatic nitrogens is 1. The molecule has 2 amide bonds. The molecule has 0 saturated heterocycles. The highest BCUT2D eigenvalue weighted by atomic mass is 32.2. The summed E-state index contributed by atoms with van der Waals surface area (Å²) in [4.78, 5) is 29.3. The Labute approximate surface area is 170 Å². The second kappa shape index (κ2) is 9.29. The van der Waals surface area contributed by atoms with Crippen LogP contribution in [0.25, 0.3) is 0 Å². The van der Waals surface area contributed by atoms with E-state index in [1.165, 1.54) is 24.4 Å². The maximum Gasteiger partial charge on any atom is 0.288 e. The summed E-state index contributed by atoms with van der Waals surface area (Å²) in [5.41, 5.74) is 2.36. The highest BCUT2D eigenvalue weighted by molar-refractivity contribution is 7.99. The Balaban J connectivity index is 1.76. The van der Waals surface area contributed by atoms with Crippen LogP contribution in [-0.4, -0.2) is 22.6 Å². The summed E-state index contributed by atoms with van der Waals surface area (Å²) in [6.07, 6.45) is 3.13. The van der Waals surface area contributed by atoms with E-state index in [1.807, 2.05) is 0 Å². The SMILES string of the molecule is Cc1ccc(NC(=O)c2cccc(SC(F)F)c2)cc1C(=O)Nc1cccnc1. The Kier molecular flexibility index (Phi) is 6.56. The molecule has 0 aliphatic heterocycles. The molecular weight excluding hydrogens is 396 g/mol. The number of rotatable bonds is 6. The third-order valence-electron chi connectivity index (χ3n) is 3.98. The molecule has 0 spiro atoms. The summed E-state index contributed by atoms with van der Waals surface area (Å²) < 4.78 is 25.1. The number of amides is 2. The van der Waals surface area contributed by atoms with E-state index in [1.54, 1.807) is 49.5 Å². The van der Waals surface area contributed by atoms with Crippen molar-refractivity contribution in [3.05, 3.63) is 83.7 Å². The van der Waals surface area contributed by atoms with Crippen molar-refractivity contribution in [1.82, 2.24) is 4.98 Å². The molecule has 148 valence electrons. The van der Waals surface area contributed by atoms with Crippen LogP contribution < -0.4 is 10.6 Å². The minimum absolute atomic E-state index is 0.248. The number of thioether (sulfide) groups is 1. The van der Waals surface area contributed by atoms with Crippen molar-refractivity contribution >= 4 is 35.0 Å². The zero-order valence-corrected chi connectivity index (χ0v) is 16.2. The van der Waals surface area contributed by atoms with Crippen LogP contribution in [0.1, 0.15) is 26.3 Å². The molecule has 29 heavy (non-hydrogen) atoms. The van der Waals surface area contributed by atoms with E-state index in [2.05, 4.69) is 15.6 Å². The van der Waals surface area contributed by atoms with Gasteiger partial charge in [-0.1, -0.05) is 23.9 Å². The van der Waals surface area contributed by atoms with Crippen molar-refractivity contribution in [3.63, 3.8) is 0 Å². The first kappa shape index (κ1) is 20.5. The molecule has 0 fully saturated rings. The summed E-state index contributed by atoms with van der Waals surface area (Å²) in [5.74, 6) is -3.35.